The number of benzene rings is 1. The summed E-state index contributed by atoms with van der Waals surface area (Å²) in [6, 6.07) is 4.08. The van der Waals surface area contributed by atoms with Crippen molar-refractivity contribution >= 4 is 36.3 Å². The van der Waals surface area contributed by atoms with Crippen molar-refractivity contribution in [3.63, 3.8) is 0 Å². The fraction of sp³-hybridized carbons (Fsp3) is 0.524. The molecule has 0 spiro atoms. The first-order valence-corrected chi connectivity index (χ1v) is 11.2. The van der Waals surface area contributed by atoms with Crippen molar-refractivity contribution in [1.29, 1.82) is 0 Å². The topological polar surface area (TPSA) is 197 Å². The van der Waals surface area contributed by atoms with Crippen LogP contribution in [0, 0.1) is 0 Å². The van der Waals surface area contributed by atoms with Crippen LogP contribution in [0.4, 0.5) is 0 Å². The number of amides is 3. The molecule has 11 nitrogen and oxygen atoms in total. The molecule has 0 bridgehead atoms. The molecule has 0 aliphatic carbocycles. The number of carboxylic acids is 1. The smallest absolute Gasteiger partial charge is 0.326 e. The second-order valence-corrected chi connectivity index (χ2v) is 7.83. The van der Waals surface area contributed by atoms with E-state index in [1.54, 1.807) is 30.3 Å². The van der Waals surface area contributed by atoms with Crippen LogP contribution in [0.1, 0.15) is 24.8 Å². The van der Waals surface area contributed by atoms with Crippen LogP contribution < -0.4 is 27.4 Å². The summed E-state index contributed by atoms with van der Waals surface area (Å²) in [4.78, 5) is 49.1. The predicted octanol–water partition coefficient (Wildman–Crippen LogP) is -1.85. The first-order chi connectivity index (χ1) is 15.7. The molecule has 3 amide bonds. The minimum absolute atomic E-state index is 0.0212. The molecule has 0 saturated heterocycles. The molecule has 0 saturated carbocycles. The summed E-state index contributed by atoms with van der Waals surface area (Å²) in [5, 5.41) is 26.3. The summed E-state index contributed by atoms with van der Waals surface area (Å²) in [6.07, 6.45) is 1.40. The third-order valence-electron chi connectivity index (χ3n) is 4.83. The van der Waals surface area contributed by atoms with E-state index in [1.807, 2.05) is 0 Å². The molecule has 0 aliphatic rings. The highest BCUT2D eigenvalue weighted by atomic mass is 32.1. The SMILES string of the molecule is NCCCCC(NC(=O)C(N)CS)C(=O)NC(CO)C(=O)NC(Cc1ccccc1)C(=O)O. The van der Waals surface area contributed by atoms with Crippen molar-refractivity contribution in [3.05, 3.63) is 35.9 Å². The molecule has 33 heavy (non-hydrogen) atoms. The predicted molar refractivity (Wildman–Crippen MR) is 125 cm³/mol. The molecule has 9 N–H and O–H groups in total. The van der Waals surface area contributed by atoms with Crippen LogP contribution in [0.25, 0.3) is 0 Å². The van der Waals surface area contributed by atoms with Gasteiger partial charge in [-0.25, -0.2) is 4.79 Å². The number of thiol groups is 1. The third kappa shape index (κ3) is 10.2. The zero-order valence-electron chi connectivity index (χ0n) is 18.3. The molecule has 184 valence electrons. The van der Waals surface area contributed by atoms with Crippen molar-refractivity contribution in [3.8, 4) is 0 Å². The van der Waals surface area contributed by atoms with Crippen LogP contribution in [-0.4, -0.2) is 77.0 Å². The van der Waals surface area contributed by atoms with E-state index in [-0.39, 0.29) is 18.6 Å². The van der Waals surface area contributed by atoms with Gasteiger partial charge in [0.05, 0.1) is 12.6 Å². The van der Waals surface area contributed by atoms with E-state index in [0.717, 1.165) is 0 Å². The highest BCUT2D eigenvalue weighted by molar-refractivity contribution is 7.80. The molecule has 4 atom stereocenters. The average Bonchev–Trinajstić information content (AvgIpc) is 2.81. The lowest BCUT2D eigenvalue weighted by Crippen LogP contribution is -2.58. The Hall–Kier alpha value is -2.67. The molecule has 1 aromatic rings. The first kappa shape index (κ1) is 28.4. The molecule has 12 heteroatoms. The van der Waals surface area contributed by atoms with Gasteiger partial charge in [-0.3, -0.25) is 14.4 Å². The van der Waals surface area contributed by atoms with Crippen molar-refractivity contribution in [2.45, 2.75) is 49.9 Å². The molecule has 0 fully saturated rings. The van der Waals surface area contributed by atoms with Gasteiger partial charge in [0.15, 0.2) is 0 Å². The van der Waals surface area contributed by atoms with Gasteiger partial charge in [-0.05, 0) is 31.4 Å². The number of aliphatic hydroxyl groups excluding tert-OH is 1. The van der Waals surface area contributed by atoms with Crippen LogP contribution in [0.3, 0.4) is 0 Å². The van der Waals surface area contributed by atoms with Gasteiger partial charge in [-0.2, -0.15) is 12.6 Å². The summed E-state index contributed by atoms with van der Waals surface area (Å²) in [5.74, 6) is -3.36. The van der Waals surface area contributed by atoms with Gasteiger partial charge in [0, 0.05) is 12.2 Å². The van der Waals surface area contributed by atoms with E-state index in [4.69, 9.17) is 11.5 Å². The van der Waals surface area contributed by atoms with Crippen molar-refractivity contribution in [1.82, 2.24) is 16.0 Å². The molecule has 4 unspecified atom stereocenters. The van der Waals surface area contributed by atoms with Crippen LogP contribution in [-0.2, 0) is 25.6 Å². The van der Waals surface area contributed by atoms with Gasteiger partial charge in [0.25, 0.3) is 0 Å². The van der Waals surface area contributed by atoms with E-state index in [1.165, 1.54) is 0 Å². The Bertz CT molecular complexity index is 782. The summed E-state index contributed by atoms with van der Waals surface area (Å²) >= 11 is 3.96. The number of hydrogen-bond donors (Lipinski definition) is 8. The summed E-state index contributed by atoms with van der Waals surface area (Å²) in [5.41, 5.74) is 11.8. The largest absolute Gasteiger partial charge is 0.480 e. The fourth-order valence-electron chi connectivity index (χ4n) is 2.91. The maximum Gasteiger partial charge on any atom is 0.326 e. The summed E-state index contributed by atoms with van der Waals surface area (Å²) in [6.45, 7) is -0.368. The Labute approximate surface area is 198 Å². The lowest BCUT2D eigenvalue weighted by Gasteiger charge is -2.24. The van der Waals surface area contributed by atoms with E-state index < -0.39 is 54.5 Å². The van der Waals surface area contributed by atoms with Crippen LogP contribution >= 0.6 is 12.6 Å². The van der Waals surface area contributed by atoms with Gasteiger partial charge in [0.2, 0.25) is 17.7 Å². The van der Waals surface area contributed by atoms with E-state index in [2.05, 4.69) is 28.6 Å². The minimum Gasteiger partial charge on any atom is -0.480 e. The zero-order valence-corrected chi connectivity index (χ0v) is 19.2. The standard InChI is InChI=1S/C21H33N5O6S/c22-9-5-4-8-15(24-18(28)14(23)12-33)19(29)26-17(11-27)20(30)25-16(21(31)32)10-13-6-2-1-3-7-13/h1-3,6-7,14-17,27,33H,4-5,8-12,22-23H2,(H,24,28)(H,25,30)(H,26,29)(H,31,32). The molecule has 0 radical (unpaired) electrons. The van der Waals surface area contributed by atoms with Gasteiger partial charge in [-0.1, -0.05) is 30.3 Å². The van der Waals surface area contributed by atoms with E-state index >= 15 is 0 Å². The van der Waals surface area contributed by atoms with Gasteiger partial charge < -0.3 is 37.6 Å². The van der Waals surface area contributed by atoms with Crippen molar-refractivity contribution in [2.24, 2.45) is 11.5 Å². The molecular formula is C21H33N5O6S. The van der Waals surface area contributed by atoms with Crippen molar-refractivity contribution < 1.29 is 29.4 Å². The Kier molecular flexibility index (Phi) is 13.1. The minimum atomic E-state index is -1.41. The number of hydrogen-bond acceptors (Lipinski definition) is 8. The van der Waals surface area contributed by atoms with Gasteiger partial charge in [-0.15, -0.1) is 0 Å². The monoisotopic (exact) mass is 483 g/mol. The Balaban J connectivity index is 2.84. The molecule has 0 aromatic heterocycles. The third-order valence-corrected chi connectivity index (χ3v) is 5.22. The fourth-order valence-corrected chi connectivity index (χ4v) is 3.08. The number of carbonyl (C=O) groups excluding carboxylic acids is 3. The maximum atomic E-state index is 12.7. The summed E-state index contributed by atoms with van der Waals surface area (Å²) < 4.78 is 0. The number of carbonyl (C=O) groups is 4. The number of aliphatic carboxylic acids is 1. The lowest BCUT2D eigenvalue weighted by atomic mass is 10.1. The quantitative estimate of drug-likeness (QED) is 0.105. The number of carboxylic acid groups (broad SMARTS) is 1. The summed E-state index contributed by atoms with van der Waals surface area (Å²) in [7, 11) is 0. The normalized spacial score (nSPS) is 14.4. The highest BCUT2D eigenvalue weighted by Crippen LogP contribution is 2.05. The Morgan fingerprint density at radius 1 is 0.909 bits per heavy atom. The van der Waals surface area contributed by atoms with E-state index in [9.17, 15) is 29.4 Å². The van der Waals surface area contributed by atoms with Crippen LogP contribution in [0.2, 0.25) is 0 Å². The second kappa shape index (κ2) is 15.2. The Morgan fingerprint density at radius 3 is 2.03 bits per heavy atom. The molecular weight excluding hydrogens is 450 g/mol. The number of rotatable bonds is 15. The van der Waals surface area contributed by atoms with Gasteiger partial charge >= 0.3 is 5.97 Å². The highest BCUT2D eigenvalue weighted by Gasteiger charge is 2.29. The molecule has 0 heterocycles. The zero-order chi connectivity index (χ0) is 24.8. The van der Waals surface area contributed by atoms with Crippen LogP contribution in [0.5, 0.6) is 0 Å². The van der Waals surface area contributed by atoms with Gasteiger partial charge in [0.1, 0.15) is 18.1 Å². The number of aliphatic hydroxyl groups is 1. The molecule has 0 aliphatic heterocycles. The lowest BCUT2D eigenvalue weighted by molar-refractivity contribution is -0.142. The second-order valence-electron chi connectivity index (χ2n) is 7.47. The van der Waals surface area contributed by atoms with E-state index in [0.29, 0.717) is 24.9 Å². The maximum absolute atomic E-state index is 12.7. The number of unbranched alkanes of at least 4 members (excludes halogenated alkanes) is 1. The number of nitrogens with one attached hydrogen (secondary N) is 3. The molecule has 1 aromatic carbocycles. The number of nitrogens with two attached hydrogens (primary N) is 2. The van der Waals surface area contributed by atoms with Crippen LogP contribution in [0.15, 0.2) is 30.3 Å². The Morgan fingerprint density at radius 2 is 1.48 bits per heavy atom. The first-order valence-electron chi connectivity index (χ1n) is 10.6. The van der Waals surface area contributed by atoms with Crippen molar-refractivity contribution in [2.75, 3.05) is 18.9 Å². The molecule has 1 rings (SSSR count). The average molecular weight is 484 g/mol.